The standard InChI is InChI=1S/C14H24N2O4/c1-3-9-4-5-11(8(9)2)15-14(20)16-7-10(17)6-12(16)13(18)19/h8-12,17H,3-7H2,1-2H3,(H,15,20)(H,18,19). The molecule has 114 valence electrons. The first-order chi connectivity index (χ1) is 9.43. The molecule has 2 rings (SSSR count). The van der Waals surface area contributed by atoms with Crippen LogP contribution in [0.5, 0.6) is 0 Å². The molecule has 20 heavy (non-hydrogen) atoms. The van der Waals surface area contributed by atoms with Gasteiger partial charge in [-0.25, -0.2) is 9.59 Å². The number of hydrogen-bond donors (Lipinski definition) is 3. The molecule has 6 heteroatoms. The number of aliphatic hydroxyl groups excluding tert-OH is 1. The summed E-state index contributed by atoms with van der Waals surface area (Å²) >= 11 is 0. The topological polar surface area (TPSA) is 89.9 Å². The fourth-order valence-corrected chi connectivity index (χ4v) is 3.54. The van der Waals surface area contributed by atoms with Gasteiger partial charge in [0.15, 0.2) is 0 Å². The highest BCUT2D eigenvalue weighted by Gasteiger charge is 2.41. The summed E-state index contributed by atoms with van der Waals surface area (Å²) in [6, 6.07) is -1.16. The molecule has 1 aliphatic heterocycles. The van der Waals surface area contributed by atoms with Crippen molar-refractivity contribution in [2.45, 2.75) is 57.7 Å². The molecule has 0 aromatic carbocycles. The van der Waals surface area contributed by atoms with Crippen molar-refractivity contribution in [1.29, 1.82) is 0 Å². The minimum Gasteiger partial charge on any atom is -0.480 e. The van der Waals surface area contributed by atoms with E-state index in [0.717, 1.165) is 19.3 Å². The van der Waals surface area contributed by atoms with Crippen molar-refractivity contribution < 1.29 is 19.8 Å². The Morgan fingerprint density at radius 1 is 1.35 bits per heavy atom. The molecular weight excluding hydrogens is 260 g/mol. The van der Waals surface area contributed by atoms with Crippen LogP contribution in [0.2, 0.25) is 0 Å². The lowest BCUT2D eigenvalue weighted by Gasteiger charge is -2.26. The van der Waals surface area contributed by atoms with Gasteiger partial charge in [-0.15, -0.1) is 0 Å². The SMILES string of the molecule is CCC1CCC(NC(=O)N2CC(O)CC2C(=O)O)C1C. The minimum absolute atomic E-state index is 0.0983. The molecule has 0 radical (unpaired) electrons. The van der Waals surface area contributed by atoms with Gasteiger partial charge >= 0.3 is 12.0 Å². The van der Waals surface area contributed by atoms with Gasteiger partial charge in [-0.1, -0.05) is 20.3 Å². The normalized spacial score (nSPS) is 37.1. The Morgan fingerprint density at radius 2 is 2.05 bits per heavy atom. The molecule has 1 heterocycles. The molecule has 0 bridgehead atoms. The van der Waals surface area contributed by atoms with Crippen molar-refractivity contribution in [2.24, 2.45) is 11.8 Å². The zero-order valence-electron chi connectivity index (χ0n) is 12.1. The summed E-state index contributed by atoms with van der Waals surface area (Å²) in [4.78, 5) is 24.6. The van der Waals surface area contributed by atoms with Crippen molar-refractivity contribution in [3.05, 3.63) is 0 Å². The molecule has 2 fully saturated rings. The van der Waals surface area contributed by atoms with E-state index in [-0.39, 0.29) is 25.0 Å². The number of aliphatic carboxylic acids is 1. The van der Waals surface area contributed by atoms with E-state index in [4.69, 9.17) is 5.11 Å². The highest BCUT2D eigenvalue weighted by atomic mass is 16.4. The van der Waals surface area contributed by atoms with E-state index < -0.39 is 18.1 Å². The number of amides is 2. The van der Waals surface area contributed by atoms with Gasteiger partial charge in [0.2, 0.25) is 0 Å². The van der Waals surface area contributed by atoms with Crippen LogP contribution in [0.3, 0.4) is 0 Å². The Hall–Kier alpha value is -1.30. The molecule has 1 aliphatic carbocycles. The number of rotatable bonds is 3. The molecule has 0 spiro atoms. The van der Waals surface area contributed by atoms with Crippen molar-refractivity contribution in [3.63, 3.8) is 0 Å². The van der Waals surface area contributed by atoms with E-state index in [2.05, 4.69) is 19.2 Å². The number of aliphatic hydroxyl groups is 1. The van der Waals surface area contributed by atoms with Crippen LogP contribution in [-0.4, -0.2) is 51.8 Å². The monoisotopic (exact) mass is 284 g/mol. The van der Waals surface area contributed by atoms with Crippen LogP contribution in [-0.2, 0) is 4.79 Å². The molecule has 0 aromatic rings. The van der Waals surface area contributed by atoms with Crippen LogP contribution in [0.4, 0.5) is 4.79 Å². The maximum Gasteiger partial charge on any atom is 0.326 e. The number of nitrogens with zero attached hydrogens (tertiary/aromatic N) is 1. The highest BCUT2D eigenvalue weighted by molar-refractivity contribution is 5.83. The average Bonchev–Trinajstić information content (AvgIpc) is 2.94. The fourth-order valence-electron chi connectivity index (χ4n) is 3.54. The summed E-state index contributed by atoms with van der Waals surface area (Å²) in [7, 11) is 0. The van der Waals surface area contributed by atoms with Gasteiger partial charge in [0, 0.05) is 19.0 Å². The maximum atomic E-state index is 12.2. The second-order valence-corrected chi connectivity index (χ2v) is 6.06. The lowest BCUT2D eigenvalue weighted by atomic mass is 9.93. The summed E-state index contributed by atoms with van der Waals surface area (Å²) in [6.07, 6.45) is 2.52. The first kappa shape index (κ1) is 15.1. The van der Waals surface area contributed by atoms with Crippen LogP contribution in [0.1, 0.15) is 39.5 Å². The Balaban J connectivity index is 1.96. The number of carboxylic acids is 1. The number of urea groups is 1. The molecule has 3 N–H and O–H groups in total. The molecular formula is C14H24N2O4. The molecule has 6 nitrogen and oxygen atoms in total. The molecule has 5 atom stereocenters. The maximum absolute atomic E-state index is 12.2. The average molecular weight is 284 g/mol. The van der Waals surface area contributed by atoms with E-state index in [9.17, 15) is 14.7 Å². The van der Waals surface area contributed by atoms with Crippen LogP contribution >= 0.6 is 0 Å². The zero-order valence-corrected chi connectivity index (χ0v) is 12.1. The first-order valence-corrected chi connectivity index (χ1v) is 7.42. The Bertz CT molecular complexity index is 387. The van der Waals surface area contributed by atoms with Crippen LogP contribution < -0.4 is 5.32 Å². The molecule has 0 aromatic heterocycles. The van der Waals surface area contributed by atoms with Crippen LogP contribution in [0.15, 0.2) is 0 Å². The lowest BCUT2D eigenvalue weighted by molar-refractivity contribution is -0.141. The predicted molar refractivity (Wildman–Crippen MR) is 73.3 cm³/mol. The van der Waals surface area contributed by atoms with Gasteiger partial charge in [0.05, 0.1) is 6.10 Å². The summed E-state index contributed by atoms with van der Waals surface area (Å²) < 4.78 is 0. The van der Waals surface area contributed by atoms with Gasteiger partial charge in [-0.05, 0) is 24.7 Å². The van der Waals surface area contributed by atoms with Crippen molar-refractivity contribution in [1.82, 2.24) is 10.2 Å². The van der Waals surface area contributed by atoms with Gasteiger partial charge in [-0.2, -0.15) is 0 Å². The van der Waals surface area contributed by atoms with Gasteiger partial charge in [0.25, 0.3) is 0 Å². The molecule has 2 amide bonds. The van der Waals surface area contributed by atoms with Crippen LogP contribution in [0, 0.1) is 11.8 Å². The lowest BCUT2D eigenvalue weighted by Crippen LogP contribution is -2.50. The summed E-state index contributed by atoms with van der Waals surface area (Å²) in [5, 5.41) is 21.6. The van der Waals surface area contributed by atoms with E-state index in [1.165, 1.54) is 4.90 Å². The van der Waals surface area contributed by atoms with Crippen molar-refractivity contribution in [3.8, 4) is 0 Å². The minimum atomic E-state index is -1.05. The summed E-state index contributed by atoms with van der Waals surface area (Å²) in [5.41, 5.74) is 0. The van der Waals surface area contributed by atoms with Crippen molar-refractivity contribution in [2.75, 3.05) is 6.54 Å². The third kappa shape index (κ3) is 2.90. The first-order valence-electron chi connectivity index (χ1n) is 7.42. The smallest absolute Gasteiger partial charge is 0.326 e. The largest absolute Gasteiger partial charge is 0.480 e. The van der Waals surface area contributed by atoms with Crippen LogP contribution in [0.25, 0.3) is 0 Å². The highest BCUT2D eigenvalue weighted by Crippen LogP contribution is 2.34. The molecule has 1 saturated heterocycles. The fraction of sp³-hybridized carbons (Fsp3) is 0.857. The van der Waals surface area contributed by atoms with E-state index in [1.54, 1.807) is 0 Å². The number of likely N-dealkylation sites (tertiary alicyclic amines) is 1. The number of carboxylic acid groups (broad SMARTS) is 1. The summed E-state index contributed by atoms with van der Waals surface area (Å²) in [6.45, 7) is 4.39. The Morgan fingerprint density at radius 3 is 2.60 bits per heavy atom. The Labute approximate surface area is 119 Å². The van der Waals surface area contributed by atoms with Gasteiger partial charge < -0.3 is 20.4 Å². The molecule has 1 saturated carbocycles. The number of β-amino-alcohol motifs (C(OH)–C–C–N with tert-alkyl or cyclic N) is 1. The van der Waals surface area contributed by atoms with E-state index >= 15 is 0 Å². The second-order valence-electron chi connectivity index (χ2n) is 6.06. The number of hydrogen-bond acceptors (Lipinski definition) is 3. The van der Waals surface area contributed by atoms with E-state index in [0.29, 0.717) is 11.8 Å². The van der Waals surface area contributed by atoms with Gasteiger partial charge in [0.1, 0.15) is 6.04 Å². The quantitative estimate of drug-likeness (QED) is 0.722. The van der Waals surface area contributed by atoms with Gasteiger partial charge in [-0.3, -0.25) is 0 Å². The van der Waals surface area contributed by atoms with E-state index in [1.807, 2.05) is 0 Å². The second kappa shape index (κ2) is 5.99. The van der Waals surface area contributed by atoms with Crippen molar-refractivity contribution >= 4 is 12.0 Å². The molecule has 2 aliphatic rings. The number of carbonyl (C=O) groups is 2. The third-order valence-electron chi connectivity index (χ3n) is 4.88. The Kier molecular flexibility index (Phi) is 4.52. The number of nitrogens with one attached hydrogen (secondary N) is 1. The zero-order chi connectivity index (χ0) is 14.9. The molecule has 5 unspecified atom stereocenters. The predicted octanol–water partition coefficient (Wildman–Crippen LogP) is 1.04. The third-order valence-corrected chi connectivity index (χ3v) is 4.88. The number of carbonyl (C=O) groups excluding carboxylic acids is 1. The summed E-state index contributed by atoms with van der Waals surface area (Å²) in [5.74, 6) is -0.0119.